The van der Waals surface area contributed by atoms with Crippen molar-refractivity contribution in [2.24, 2.45) is 5.10 Å². The van der Waals surface area contributed by atoms with E-state index in [1.54, 1.807) is 0 Å². The second-order valence-electron chi connectivity index (χ2n) is 5.79. The highest BCUT2D eigenvalue weighted by atomic mass is 19.4. The van der Waals surface area contributed by atoms with Crippen molar-refractivity contribution < 1.29 is 18.0 Å². The predicted octanol–water partition coefficient (Wildman–Crippen LogP) is 4.42. The maximum Gasteiger partial charge on any atom is 0.416 e. The van der Waals surface area contributed by atoms with E-state index >= 15 is 0 Å². The van der Waals surface area contributed by atoms with Crippen LogP contribution in [0.1, 0.15) is 11.1 Å². The number of alkyl halides is 3. The molecule has 7 heteroatoms. The number of hydrogen-bond acceptors (Lipinski definition) is 3. The molecule has 0 bridgehead atoms. The first-order valence-electron chi connectivity index (χ1n) is 8.14. The molecular formula is C20H16F3N3O. The number of rotatable bonds is 5. The van der Waals surface area contributed by atoms with Gasteiger partial charge in [-0.3, -0.25) is 4.79 Å². The summed E-state index contributed by atoms with van der Waals surface area (Å²) in [6.07, 6.45) is -2.90. The van der Waals surface area contributed by atoms with Crippen LogP contribution in [0.25, 0.3) is 10.8 Å². The number of nitrogens with zero attached hydrogens (tertiary/aromatic N) is 1. The number of hydrogen-bond donors (Lipinski definition) is 2. The van der Waals surface area contributed by atoms with Gasteiger partial charge in [-0.2, -0.15) is 18.3 Å². The Kier molecular flexibility index (Phi) is 5.40. The van der Waals surface area contributed by atoms with Crippen molar-refractivity contribution in [2.45, 2.75) is 6.18 Å². The maximum absolute atomic E-state index is 12.7. The summed E-state index contributed by atoms with van der Waals surface area (Å²) in [4.78, 5) is 11.8. The number of hydrazone groups is 1. The van der Waals surface area contributed by atoms with Gasteiger partial charge in [-0.25, -0.2) is 5.43 Å². The average molecular weight is 371 g/mol. The number of carbonyl (C=O) groups is 1. The van der Waals surface area contributed by atoms with Gasteiger partial charge in [0, 0.05) is 11.3 Å². The van der Waals surface area contributed by atoms with Crippen LogP contribution in [0.15, 0.2) is 71.8 Å². The van der Waals surface area contributed by atoms with Crippen LogP contribution >= 0.6 is 0 Å². The Morgan fingerprint density at radius 3 is 2.56 bits per heavy atom. The van der Waals surface area contributed by atoms with Crippen molar-refractivity contribution in [1.82, 2.24) is 5.43 Å². The molecule has 0 aromatic heterocycles. The Hall–Kier alpha value is -3.35. The van der Waals surface area contributed by atoms with E-state index in [1.165, 1.54) is 18.3 Å². The molecule has 0 fully saturated rings. The molecule has 0 aliphatic rings. The molecule has 0 heterocycles. The third-order valence-electron chi connectivity index (χ3n) is 3.86. The molecule has 3 rings (SSSR count). The van der Waals surface area contributed by atoms with Gasteiger partial charge < -0.3 is 5.32 Å². The second kappa shape index (κ2) is 7.90. The van der Waals surface area contributed by atoms with Crippen LogP contribution in [0, 0.1) is 0 Å². The summed E-state index contributed by atoms with van der Waals surface area (Å²) in [5.74, 6) is -0.469. The van der Waals surface area contributed by atoms with Crippen LogP contribution in [-0.2, 0) is 11.0 Å². The Morgan fingerprint density at radius 1 is 1.00 bits per heavy atom. The zero-order valence-electron chi connectivity index (χ0n) is 14.1. The zero-order valence-corrected chi connectivity index (χ0v) is 14.1. The number of amides is 1. The van der Waals surface area contributed by atoms with Crippen molar-refractivity contribution in [3.05, 3.63) is 77.9 Å². The molecule has 138 valence electrons. The highest BCUT2D eigenvalue weighted by molar-refractivity contribution is 6.00. The van der Waals surface area contributed by atoms with Crippen molar-refractivity contribution >= 4 is 28.6 Å². The third kappa shape index (κ3) is 4.84. The molecule has 0 saturated carbocycles. The molecule has 1 amide bonds. The van der Waals surface area contributed by atoms with E-state index < -0.39 is 17.6 Å². The molecule has 0 aliphatic carbocycles. The molecule has 2 N–H and O–H groups in total. The summed E-state index contributed by atoms with van der Waals surface area (Å²) in [6.45, 7) is -0.200. The van der Waals surface area contributed by atoms with E-state index in [0.717, 1.165) is 28.5 Å². The van der Waals surface area contributed by atoms with Gasteiger partial charge in [0.25, 0.3) is 5.91 Å². The van der Waals surface area contributed by atoms with E-state index in [4.69, 9.17) is 0 Å². The average Bonchev–Trinajstić information content (AvgIpc) is 2.66. The van der Waals surface area contributed by atoms with Gasteiger partial charge in [-0.05, 0) is 29.0 Å². The molecule has 0 unspecified atom stereocenters. The lowest BCUT2D eigenvalue weighted by Crippen LogP contribution is -2.26. The van der Waals surface area contributed by atoms with Crippen molar-refractivity contribution in [2.75, 3.05) is 11.9 Å². The Balaban J connectivity index is 1.58. The molecule has 3 aromatic carbocycles. The summed E-state index contributed by atoms with van der Waals surface area (Å²) in [7, 11) is 0. The van der Waals surface area contributed by atoms with Gasteiger partial charge >= 0.3 is 6.18 Å². The van der Waals surface area contributed by atoms with Gasteiger partial charge in [0.15, 0.2) is 0 Å². The molecule has 0 aliphatic heterocycles. The second-order valence-corrected chi connectivity index (χ2v) is 5.79. The SMILES string of the molecule is O=C(CNc1cccc(C(F)(F)F)c1)NN=Cc1cccc2ccccc12. The molecule has 4 nitrogen and oxygen atoms in total. The largest absolute Gasteiger partial charge is 0.416 e. The monoisotopic (exact) mass is 371 g/mol. The highest BCUT2D eigenvalue weighted by Crippen LogP contribution is 2.30. The van der Waals surface area contributed by atoms with E-state index in [2.05, 4.69) is 15.8 Å². The minimum absolute atomic E-state index is 0.200. The number of benzene rings is 3. The number of nitrogens with one attached hydrogen (secondary N) is 2. The molecule has 3 aromatic rings. The van der Waals surface area contributed by atoms with Gasteiger partial charge in [0.1, 0.15) is 0 Å². The van der Waals surface area contributed by atoms with Gasteiger partial charge in [-0.15, -0.1) is 0 Å². The fraction of sp³-hybridized carbons (Fsp3) is 0.100. The number of fused-ring (bicyclic) bond motifs is 1. The van der Waals surface area contributed by atoms with E-state index in [-0.39, 0.29) is 12.2 Å². The lowest BCUT2D eigenvalue weighted by molar-refractivity contribution is -0.137. The van der Waals surface area contributed by atoms with E-state index in [1.807, 2.05) is 42.5 Å². The van der Waals surface area contributed by atoms with Crippen molar-refractivity contribution in [1.29, 1.82) is 0 Å². The zero-order chi connectivity index (χ0) is 19.3. The smallest absolute Gasteiger partial charge is 0.376 e. The predicted molar refractivity (Wildman–Crippen MR) is 99.6 cm³/mol. The first-order valence-corrected chi connectivity index (χ1v) is 8.14. The summed E-state index contributed by atoms with van der Waals surface area (Å²) in [5, 5.41) is 8.62. The van der Waals surface area contributed by atoms with E-state index in [9.17, 15) is 18.0 Å². The molecule has 0 spiro atoms. The van der Waals surface area contributed by atoms with Crippen LogP contribution in [-0.4, -0.2) is 18.7 Å². The Bertz CT molecular complexity index is 978. The molecule has 0 radical (unpaired) electrons. The Morgan fingerprint density at radius 2 is 1.74 bits per heavy atom. The minimum atomic E-state index is -4.43. The van der Waals surface area contributed by atoms with Crippen molar-refractivity contribution in [3.63, 3.8) is 0 Å². The van der Waals surface area contributed by atoms with Crippen LogP contribution in [0.2, 0.25) is 0 Å². The van der Waals surface area contributed by atoms with Crippen LogP contribution in [0.5, 0.6) is 0 Å². The molecule has 0 saturated heterocycles. The standard InChI is InChI=1S/C20H16F3N3O/c21-20(22,23)16-8-4-9-17(11-16)24-13-19(27)26-25-12-15-7-3-6-14-5-1-2-10-18(14)15/h1-12,24H,13H2,(H,26,27). The lowest BCUT2D eigenvalue weighted by atomic mass is 10.1. The highest BCUT2D eigenvalue weighted by Gasteiger charge is 2.30. The summed E-state index contributed by atoms with van der Waals surface area (Å²) in [5.41, 5.74) is 2.63. The fourth-order valence-corrected chi connectivity index (χ4v) is 2.56. The number of carbonyl (C=O) groups excluding carboxylic acids is 1. The van der Waals surface area contributed by atoms with Gasteiger partial charge in [0.2, 0.25) is 0 Å². The maximum atomic E-state index is 12.7. The van der Waals surface area contributed by atoms with Crippen LogP contribution in [0.3, 0.4) is 0 Å². The first kappa shape index (κ1) is 18.4. The van der Waals surface area contributed by atoms with Gasteiger partial charge in [0.05, 0.1) is 18.3 Å². The quantitative estimate of drug-likeness (QED) is 0.515. The van der Waals surface area contributed by atoms with Gasteiger partial charge in [-0.1, -0.05) is 48.5 Å². The van der Waals surface area contributed by atoms with E-state index in [0.29, 0.717) is 0 Å². The number of anilines is 1. The summed E-state index contributed by atoms with van der Waals surface area (Å²) in [6, 6.07) is 18.2. The lowest BCUT2D eigenvalue weighted by Gasteiger charge is -2.10. The topological polar surface area (TPSA) is 53.5 Å². The van der Waals surface area contributed by atoms with Crippen molar-refractivity contribution in [3.8, 4) is 0 Å². The molecular weight excluding hydrogens is 355 g/mol. The normalized spacial score (nSPS) is 11.7. The third-order valence-corrected chi connectivity index (χ3v) is 3.86. The Labute approximate surface area is 153 Å². The fourth-order valence-electron chi connectivity index (χ4n) is 2.56. The molecule has 0 atom stereocenters. The molecule has 27 heavy (non-hydrogen) atoms. The van der Waals surface area contributed by atoms with Crippen LogP contribution < -0.4 is 10.7 Å². The van der Waals surface area contributed by atoms with Crippen LogP contribution in [0.4, 0.5) is 18.9 Å². The summed E-state index contributed by atoms with van der Waals surface area (Å²) >= 11 is 0. The number of halogens is 3. The minimum Gasteiger partial charge on any atom is -0.376 e. The first-order chi connectivity index (χ1) is 12.9. The summed E-state index contributed by atoms with van der Waals surface area (Å²) < 4.78 is 38.0.